The zero-order chi connectivity index (χ0) is 15.5. The summed E-state index contributed by atoms with van der Waals surface area (Å²) in [6, 6.07) is 6.34. The van der Waals surface area contributed by atoms with Crippen molar-refractivity contribution in [2.24, 2.45) is 0 Å². The van der Waals surface area contributed by atoms with Gasteiger partial charge in [-0.3, -0.25) is 0 Å². The van der Waals surface area contributed by atoms with E-state index in [9.17, 15) is 0 Å². The Bertz CT molecular complexity index is 599. The number of benzene rings is 1. The van der Waals surface area contributed by atoms with E-state index < -0.39 is 0 Å². The fourth-order valence-electron chi connectivity index (χ4n) is 1.97. The van der Waals surface area contributed by atoms with E-state index in [4.69, 9.17) is 4.74 Å². The van der Waals surface area contributed by atoms with Gasteiger partial charge in [-0.25, -0.2) is 4.98 Å². The molecule has 21 heavy (non-hydrogen) atoms. The molecule has 1 aromatic carbocycles. The fourth-order valence-corrected chi connectivity index (χ4v) is 2.68. The lowest BCUT2D eigenvalue weighted by atomic mass is 10.1. The van der Waals surface area contributed by atoms with Gasteiger partial charge in [0.1, 0.15) is 12.4 Å². The lowest BCUT2D eigenvalue weighted by Crippen LogP contribution is -2.35. The molecule has 1 N–H and O–H groups in total. The molecule has 0 amide bonds. The van der Waals surface area contributed by atoms with E-state index in [1.165, 1.54) is 11.1 Å². The van der Waals surface area contributed by atoms with Gasteiger partial charge in [0.2, 0.25) is 0 Å². The second-order valence-electron chi connectivity index (χ2n) is 6.35. The predicted molar refractivity (Wildman–Crippen MR) is 89.0 cm³/mol. The summed E-state index contributed by atoms with van der Waals surface area (Å²) in [6.45, 7) is 12.0. The summed E-state index contributed by atoms with van der Waals surface area (Å²) in [5.41, 5.74) is 2.54. The molecule has 0 spiro atoms. The van der Waals surface area contributed by atoms with Crippen LogP contribution >= 0.6 is 11.3 Å². The lowest BCUT2D eigenvalue weighted by Gasteiger charge is -2.22. The number of aryl methyl sites for hydroxylation is 2. The van der Waals surface area contributed by atoms with Crippen molar-refractivity contribution in [3.63, 3.8) is 0 Å². The number of hydrogen-bond acceptors (Lipinski definition) is 4. The maximum Gasteiger partial charge on any atom is 0.124 e. The highest BCUT2D eigenvalue weighted by atomic mass is 32.1. The molecule has 0 aliphatic heterocycles. The topological polar surface area (TPSA) is 34.1 Å². The van der Waals surface area contributed by atoms with Crippen LogP contribution in [-0.2, 0) is 13.2 Å². The minimum absolute atomic E-state index is 0.0931. The van der Waals surface area contributed by atoms with Crippen molar-refractivity contribution in [3.8, 4) is 5.75 Å². The zero-order valence-corrected chi connectivity index (χ0v) is 14.3. The monoisotopic (exact) mass is 304 g/mol. The Balaban J connectivity index is 2.07. The summed E-state index contributed by atoms with van der Waals surface area (Å²) < 4.78 is 5.99. The van der Waals surface area contributed by atoms with Crippen molar-refractivity contribution in [1.29, 1.82) is 0 Å². The van der Waals surface area contributed by atoms with Gasteiger partial charge >= 0.3 is 0 Å². The number of ether oxygens (including phenoxy) is 1. The average Bonchev–Trinajstić information content (AvgIpc) is 2.80. The largest absolute Gasteiger partial charge is 0.488 e. The van der Waals surface area contributed by atoms with E-state index >= 15 is 0 Å². The van der Waals surface area contributed by atoms with E-state index in [1.807, 2.05) is 13.1 Å². The molecule has 0 unspecified atom stereocenters. The molecular formula is C17H24N2OS. The first kappa shape index (κ1) is 16.0. The van der Waals surface area contributed by atoms with Crippen LogP contribution in [-0.4, -0.2) is 10.5 Å². The first-order valence-corrected chi connectivity index (χ1v) is 8.04. The van der Waals surface area contributed by atoms with Crippen LogP contribution in [0.25, 0.3) is 0 Å². The molecule has 3 nitrogen and oxygen atoms in total. The second kappa shape index (κ2) is 6.58. The molecule has 2 rings (SSSR count). The Hall–Kier alpha value is -1.39. The minimum Gasteiger partial charge on any atom is -0.488 e. The Kier molecular flexibility index (Phi) is 5.01. The standard InChI is InChI=1S/C17H24N2OS/c1-12-6-7-16(14(8-12)9-19-17(3,4)5)20-11-15-10-18-13(2)21-15/h6-8,10,19H,9,11H2,1-5H3. The van der Waals surface area contributed by atoms with E-state index in [0.717, 1.165) is 22.2 Å². The molecule has 114 valence electrons. The first-order valence-electron chi connectivity index (χ1n) is 7.22. The number of hydrogen-bond donors (Lipinski definition) is 1. The van der Waals surface area contributed by atoms with Crippen LogP contribution in [0.2, 0.25) is 0 Å². The maximum atomic E-state index is 5.99. The summed E-state index contributed by atoms with van der Waals surface area (Å²) >= 11 is 1.68. The normalized spacial score (nSPS) is 11.7. The van der Waals surface area contributed by atoms with E-state index in [0.29, 0.717) is 6.61 Å². The van der Waals surface area contributed by atoms with Crippen LogP contribution < -0.4 is 10.1 Å². The third-order valence-corrected chi connectivity index (χ3v) is 3.95. The molecule has 0 saturated heterocycles. The van der Waals surface area contributed by atoms with Gasteiger partial charge in [0.05, 0.1) is 9.88 Å². The number of aromatic nitrogens is 1. The Labute approximate surface area is 131 Å². The van der Waals surface area contributed by atoms with Crippen molar-refractivity contribution < 1.29 is 4.74 Å². The first-order chi connectivity index (χ1) is 9.83. The Morgan fingerprint density at radius 1 is 1.24 bits per heavy atom. The van der Waals surface area contributed by atoms with Gasteiger partial charge in [-0.05, 0) is 40.7 Å². The van der Waals surface area contributed by atoms with Crippen molar-refractivity contribution >= 4 is 11.3 Å². The maximum absolute atomic E-state index is 5.99. The van der Waals surface area contributed by atoms with Gasteiger partial charge in [-0.15, -0.1) is 11.3 Å². The van der Waals surface area contributed by atoms with Crippen LogP contribution in [0.4, 0.5) is 0 Å². The van der Waals surface area contributed by atoms with Gasteiger partial charge in [0.15, 0.2) is 0 Å². The fraction of sp³-hybridized carbons (Fsp3) is 0.471. The van der Waals surface area contributed by atoms with Crippen molar-refractivity contribution in [2.45, 2.75) is 53.3 Å². The summed E-state index contributed by atoms with van der Waals surface area (Å²) in [7, 11) is 0. The number of rotatable bonds is 5. The van der Waals surface area contributed by atoms with Crippen LogP contribution in [0.15, 0.2) is 24.4 Å². The molecule has 0 bridgehead atoms. The smallest absolute Gasteiger partial charge is 0.124 e. The van der Waals surface area contributed by atoms with Gasteiger partial charge in [-0.1, -0.05) is 17.7 Å². The van der Waals surface area contributed by atoms with Gasteiger partial charge < -0.3 is 10.1 Å². The van der Waals surface area contributed by atoms with Crippen LogP contribution in [0.1, 0.15) is 41.8 Å². The van der Waals surface area contributed by atoms with Crippen LogP contribution in [0.3, 0.4) is 0 Å². The SMILES string of the molecule is Cc1ccc(OCc2cnc(C)s2)c(CNC(C)(C)C)c1. The molecule has 2 aromatic rings. The summed E-state index contributed by atoms with van der Waals surface area (Å²) in [4.78, 5) is 5.42. The van der Waals surface area contributed by atoms with Crippen LogP contribution in [0, 0.1) is 13.8 Å². The molecule has 4 heteroatoms. The molecule has 0 saturated carbocycles. The molecule has 0 radical (unpaired) electrons. The van der Waals surface area contributed by atoms with Crippen molar-refractivity contribution in [1.82, 2.24) is 10.3 Å². The zero-order valence-electron chi connectivity index (χ0n) is 13.5. The second-order valence-corrected chi connectivity index (χ2v) is 7.67. The predicted octanol–water partition coefficient (Wildman–Crippen LogP) is 4.23. The number of nitrogens with zero attached hydrogens (tertiary/aromatic N) is 1. The number of thiazole rings is 1. The molecule has 0 aliphatic rings. The molecule has 0 atom stereocenters. The van der Waals surface area contributed by atoms with Gasteiger partial charge in [0.25, 0.3) is 0 Å². The van der Waals surface area contributed by atoms with E-state index in [2.05, 4.69) is 56.2 Å². The molecular weight excluding hydrogens is 280 g/mol. The molecule has 1 aromatic heterocycles. The molecule has 1 heterocycles. The highest BCUT2D eigenvalue weighted by molar-refractivity contribution is 7.11. The average molecular weight is 304 g/mol. The highest BCUT2D eigenvalue weighted by Gasteiger charge is 2.11. The van der Waals surface area contributed by atoms with Gasteiger partial charge in [-0.2, -0.15) is 0 Å². The summed E-state index contributed by atoms with van der Waals surface area (Å²) in [5, 5.41) is 4.59. The molecule has 0 aliphatic carbocycles. The summed E-state index contributed by atoms with van der Waals surface area (Å²) in [5.74, 6) is 0.948. The van der Waals surface area contributed by atoms with Gasteiger partial charge in [0, 0.05) is 23.8 Å². The minimum atomic E-state index is 0.0931. The third kappa shape index (κ3) is 5.14. The lowest BCUT2D eigenvalue weighted by molar-refractivity contribution is 0.303. The van der Waals surface area contributed by atoms with Crippen molar-refractivity contribution in [2.75, 3.05) is 0 Å². The van der Waals surface area contributed by atoms with E-state index in [-0.39, 0.29) is 5.54 Å². The van der Waals surface area contributed by atoms with Crippen LogP contribution in [0.5, 0.6) is 5.75 Å². The highest BCUT2D eigenvalue weighted by Crippen LogP contribution is 2.23. The third-order valence-electron chi connectivity index (χ3n) is 3.06. The van der Waals surface area contributed by atoms with E-state index in [1.54, 1.807) is 11.3 Å². The quantitative estimate of drug-likeness (QED) is 0.897. The summed E-state index contributed by atoms with van der Waals surface area (Å²) in [6.07, 6.45) is 1.89. The Morgan fingerprint density at radius 3 is 2.62 bits per heavy atom. The Morgan fingerprint density at radius 2 is 2.00 bits per heavy atom. The van der Waals surface area contributed by atoms with Crippen molar-refractivity contribution in [3.05, 3.63) is 45.4 Å². The number of nitrogens with one attached hydrogen (secondary N) is 1. The molecule has 0 fully saturated rings.